The molecule has 9 rings (SSSR count). The number of nitrogens with one attached hydrogen (secondary N) is 6. The van der Waals surface area contributed by atoms with Crippen molar-refractivity contribution in [3.8, 4) is 0 Å². The van der Waals surface area contributed by atoms with Gasteiger partial charge in [0, 0.05) is 79.3 Å². The fourth-order valence-corrected chi connectivity index (χ4v) is 11.8. The largest absolute Gasteiger partial charge is 0.384 e. The first-order valence-electron chi connectivity index (χ1n) is 28.1. The number of carbonyl (C=O) groups is 10. The van der Waals surface area contributed by atoms with Crippen LogP contribution in [0.3, 0.4) is 0 Å². The van der Waals surface area contributed by atoms with Crippen LogP contribution in [0.2, 0.25) is 0 Å². The number of carbonyl (C=O) groups excluding carboxylic acids is 10. The first-order valence-corrected chi connectivity index (χ1v) is 28.1. The molecule has 1 unspecified atom stereocenters. The Labute approximate surface area is 472 Å². The smallest absolute Gasteiger partial charge is 0.270 e. The van der Waals surface area contributed by atoms with Crippen molar-refractivity contribution >= 4 is 75.5 Å². The predicted molar refractivity (Wildman–Crippen MR) is 298 cm³/mol. The van der Waals surface area contributed by atoms with Crippen LogP contribution in [0.15, 0.2) is 103 Å². The number of benzene rings is 4. The van der Waals surface area contributed by atoms with Crippen LogP contribution >= 0.6 is 0 Å². The maximum absolute atomic E-state index is 14.9. The van der Waals surface area contributed by atoms with Crippen LogP contribution in [0.5, 0.6) is 0 Å². The SMILES string of the molecule is CC(F)(F)c1ccc2[nH]c(C(=O)N[C@H]3CC[C@@H](NC(=O)CCCCCCNc4cccc5c4C(=O)N(C4CCC(=O)NC4=O)C5=O)C[C@H]4CC[C@@H](C(=O)N[C@@H](CCC(N)=O)C(=O)CC(c5ccccc5)c5ccccc5)N4C3=O)cc2c1. The van der Waals surface area contributed by atoms with E-state index in [0.717, 1.165) is 29.4 Å². The van der Waals surface area contributed by atoms with Crippen molar-refractivity contribution in [2.45, 2.75) is 151 Å². The summed E-state index contributed by atoms with van der Waals surface area (Å²) in [7, 11) is 0. The van der Waals surface area contributed by atoms with Gasteiger partial charge in [0.25, 0.3) is 23.6 Å². The van der Waals surface area contributed by atoms with Gasteiger partial charge in [-0.15, -0.1) is 0 Å². The molecule has 430 valence electrons. The zero-order chi connectivity index (χ0) is 58.2. The minimum Gasteiger partial charge on any atom is -0.384 e. The zero-order valence-corrected chi connectivity index (χ0v) is 45.5. The quantitative estimate of drug-likeness (QED) is 0.0277. The molecule has 82 heavy (non-hydrogen) atoms. The fraction of sp³-hybridized carbons (Fsp3) is 0.410. The Morgan fingerprint density at radius 1 is 0.768 bits per heavy atom. The van der Waals surface area contributed by atoms with Crippen molar-refractivity contribution in [1.82, 2.24) is 36.1 Å². The molecule has 4 aliphatic rings. The number of Topliss-reactive ketones (excluding diaryl/α,β-unsaturated/α-hetero) is 1. The monoisotopic (exact) mass is 1120 g/mol. The molecular weight excluding hydrogens is 1060 g/mol. The Kier molecular flexibility index (Phi) is 18.0. The summed E-state index contributed by atoms with van der Waals surface area (Å²) in [5, 5.41) is 14.7. The number of imide groups is 2. The van der Waals surface area contributed by atoms with Gasteiger partial charge in [-0.1, -0.05) is 85.6 Å². The summed E-state index contributed by atoms with van der Waals surface area (Å²) in [6.07, 6.45) is 3.74. The third-order valence-electron chi connectivity index (χ3n) is 16.1. The van der Waals surface area contributed by atoms with E-state index in [1.54, 1.807) is 12.1 Å². The van der Waals surface area contributed by atoms with E-state index in [1.165, 1.54) is 35.2 Å². The van der Waals surface area contributed by atoms with E-state index >= 15 is 0 Å². The average molecular weight is 1120 g/mol. The van der Waals surface area contributed by atoms with Crippen molar-refractivity contribution in [2.75, 3.05) is 11.9 Å². The van der Waals surface area contributed by atoms with Crippen LogP contribution in [0.4, 0.5) is 14.5 Å². The second-order valence-electron chi connectivity index (χ2n) is 21.8. The lowest BCUT2D eigenvalue weighted by Crippen LogP contribution is -2.59. The molecule has 21 heteroatoms. The summed E-state index contributed by atoms with van der Waals surface area (Å²) in [6, 6.07) is 23.6. The lowest BCUT2D eigenvalue weighted by molar-refractivity contribution is -0.143. The molecule has 5 aromatic rings. The van der Waals surface area contributed by atoms with Gasteiger partial charge in [0.1, 0.15) is 23.8 Å². The number of H-pyrrole nitrogens is 1. The predicted octanol–water partition coefficient (Wildman–Crippen LogP) is 6.41. The molecule has 4 aromatic carbocycles. The molecule has 0 saturated carbocycles. The Morgan fingerprint density at radius 2 is 1.49 bits per heavy atom. The van der Waals surface area contributed by atoms with Gasteiger partial charge in [-0.2, -0.15) is 0 Å². The normalized spacial score (nSPS) is 20.4. The lowest BCUT2D eigenvalue weighted by Gasteiger charge is -2.38. The summed E-state index contributed by atoms with van der Waals surface area (Å²) < 4.78 is 28.5. The topological polar surface area (TPSA) is 279 Å². The van der Waals surface area contributed by atoms with Crippen LogP contribution in [0.25, 0.3) is 10.9 Å². The van der Waals surface area contributed by atoms with Gasteiger partial charge in [-0.3, -0.25) is 58.2 Å². The number of aromatic nitrogens is 1. The highest BCUT2D eigenvalue weighted by molar-refractivity contribution is 6.25. The van der Waals surface area contributed by atoms with Crippen LogP contribution in [-0.2, 0) is 39.5 Å². The number of ketones is 1. The molecule has 1 aromatic heterocycles. The summed E-state index contributed by atoms with van der Waals surface area (Å²) in [4.78, 5) is 140. The molecule has 19 nitrogen and oxygen atoms in total. The average Bonchev–Trinajstić information content (AvgIpc) is 4.35. The van der Waals surface area contributed by atoms with E-state index in [0.29, 0.717) is 55.2 Å². The first-order chi connectivity index (χ1) is 39.3. The molecule has 0 bridgehead atoms. The molecule has 4 aliphatic heterocycles. The van der Waals surface area contributed by atoms with Crippen molar-refractivity contribution in [1.29, 1.82) is 0 Å². The maximum Gasteiger partial charge on any atom is 0.270 e. The summed E-state index contributed by atoms with van der Waals surface area (Å²) in [5.74, 6) is -8.96. The number of hydrogen-bond acceptors (Lipinski definition) is 11. The van der Waals surface area contributed by atoms with Crippen LogP contribution in [-0.4, -0.2) is 117 Å². The van der Waals surface area contributed by atoms with Gasteiger partial charge < -0.3 is 36.9 Å². The van der Waals surface area contributed by atoms with Crippen LogP contribution < -0.4 is 32.3 Å². The molecule has 0 spiro atoms. The van der Waals surface area contributed by atoms with Crippen molar-refractivity contribution < 1.29 is 56.7 Å². The van der Waals surface area contributed by atoms with Gasteiger partial charge in [0.15, 0.2) is 5.78 Å². The molecule has 6 atom stereocenters. The number of unbranched alkanes of at least 4 members (excludes halogenated alkanes) is 3. The molecule has 0 radical (unpaired) electrons. The highest BCUT2D eigenvalue weighted by atomic mass is 19.3. The van der Waals surface area contributed by atoms with Crippen molar-refractivity contribution in [3.05, 3.63) is 137 Å². The van der Waals surface area contributed by atoms with E-state index < -0.39 is 89.4 Å². The Hall–Kier alpha value is -8.62. The molecule has 8 N–H and O–H groups in total. The number of fused-ring (bicyclic) bond motifs is 3. The van der Waals surface area contributed by atoms with Crippen LogP contribution in [0, 0.1) is 0 Å². The number of halogens is 2. The van der Waals surface area contributed by atoms with Crippen molar-refractivity contribution in [3.63, 3.8) is 0 Å². The second-order valence-corrected chi connectivity index (χ2v) is 21.8. The maximum atomic E-state index is 14.9. The number of hydrogen-bond donors (Lipinski definition) is 7. The Bertz CT molecular complexity index is 3240. The van der Waals surface area contributed by atoms with E-state index in [4.69, 9.17) is 5.73 Å². The third-order valence-corrected chi connectivity index (χ3v) is 16.1. The highest BCUT2D eigenvalue weighted by Crippen LogP contribution is 2.36. The number of nitrogens with two attached hydrogens (primary N) is 1. The number of piperidine rings is 1. The standard InChI is InChI=1S/C61H67F2N9O10/c1-61(62,63)38-20-23-43-37(31-38)32-47(67-43)55(77)69-46-24-21-39(66-52(75)19-10-2-3-11-30-65-45-18-12-17-41-54(45)60(82)72(58(41)80)49-27-29-53(76)70-57(49)79)33-40-22-26-48(71(40)59(46)81)56(78)68-44(25-28-51(64)74)50(73)34-42(35-13-6-4-7-14-35)36-15-8-5-9-16-36/h4-9,12-18,20,23,31-32,39-40,42,44,46,48-49,65,67H,2-3,10-11,19,21-22,24-30,33-34H2,1H3,(H2,64,74)(H,66,75)(H,68,78)(H,69,77)(H,70,76,79)/t39-,40-,44+,46+,48+,49?/m1/s1. The molecule has 3 fully saturated rings. The molecular formula is C61H67F2N9O10. The molecule has 0 aliphatic carbocycles. The minimum absolute atomic E-state index is 0.0111. The van der Waals surface area contributed by atoms with Gasteiger partial charge in [-0.25, -0.2) is 8.78 Å². The summed E-state index contributed by atoms with van der Waals surface area (Å²) in [6.45, 7) is 1.22. The number of aromatic amines is 1. The first kappa shape index (κ1) is 58.0. The van der Waals surface area contributed by atoms with E-state index in [2.05, 4.69) is 31.6 Å². The highest BCUT2D eigenvalue weighted by Gasteiger charge is 2.48. The number of nitrogens with zero attached hydrogens (tertiary/aromatic N) is 2. The zero-order valence-electron chi connectivity index (χ0n) is 45.5. The Balaban J connectivity index is 0.849. The number of amides is 9. The summed E-state index contributed by atoms with van der Waals surface area (Å²) in [5.41, 5.74) is 8.31. The van der Waals surface area contributed by atoms with E-state index in [1.807, 2.05) is 60.7 Å². The van der Waals surface area contributed by atoms with Gasteiger partial charge in [0.05, 0.1) is 17.2 Å². The number of anilines is 1. The fourth-order valence-electron chi connectivity index (χ4n) is 11.8. The minimum atomic E-state index is -3.13. The van der Waals surface area contributed by atoms with Gasteiger partial charge in [-0.05, 0) is 99.2 Å². The number of alkyl halides is 2. The molecule has 5 heterocycles. The molecule has 3 saturated heterocycles. The van der Waals surface area contributed by atoms with Crippen LogP contribution in [0.1, 0.15) is 157 Å². The number of primary amides is 1. The third kappa shape index (κ3) is 13.4. The van der Waals surface area contributed by atoms with Gasteiger partial charge >= 0.3 is 0 Å². The Morgan fingerprint density at radius 3 is 2.18 bits per heavy atom. The lowest BCUT2D eigenvalue weighted by atomic mass is 9.85. The van der Waals surface area contributed by atoms with E-state index in [-0.39, 0.29) is 97.8 Å². The van der Waals surface area contributed by atoms with E-state index in [9.17, 15) is 56.7 Å². The number of rotatable bonds is 23. The molecule has 9 amide bonds. The van der Waals surface area contributed by atoms with Crippen molar-refractivity contribution in [2.24, 2.45) is 5.73 Å². The second kappa shape index (κ2) is 25.4. The van der Waals surface area contributed by atoms with Gasteiger partial charge in [0.2, 0.25) is 35.4 Å². The summed E-state index contributed by atoms with van der Waals surface area (Å²) >= 11 is 0.